The van der Waals surface area contributed by atoms with Gasteiger partial charge in [0.1, 0.15) is 22.3 Å². The van der Waals surface area contributed by atoms with Crippen LogP contribution in [0.15, 0.2) is 82.7 Å². The van der Waals surface area contributed by atoms with Crippen molar-refractivity contribution in [2.75, 3.05) is 31.4 Å². The van der Waals surface area contributed by atoms with E-state index in [0.717, 1.165) is 28.0 Å². The van der Waals surface area contributed by atoms with Crippen molar-refractivity contribution in [2.45, 2.75) is 19.5 Å². The number of amides is 3. The third kappa shape index (κ3) is 6.13. The molecule has 0 fully saturated rings. The van der Waals surface area contributed by atoms with Crippen LogP contribution in [-0.4, -0.2) is 52.2 Å². The number of carbonyl (C=O) groups is 2. The van der Waals surface area contributed by atoms with Gasteiger partial charge in [-0.1, -0.05) is 24.3 Å². The Kier molecular flexibility index (Phi) is 8.99. The van der Waals surface area contributed by atoms with Crippen molar-refractivity contribution in [3.05, 3.63) is 117 Å². The molecule has 0 saturated heterocycles. The smallest absolute Gasteiger partial charge is 0.306 e. The summed E-state index contributed by atoms with van der Waals surface area (Å²) in [6.45, 7) is -0.209. The van der Waals surface area contributed by atoms with Crippen molar-refractivity contribution in [1.29, 1.82) is 0 Å². The molecule has 48 heavy (non-hydrogen) atoms. The summed E-state index contributed by atoms with van der Waals surface area (Å²) in [5.74, 6) is -1.55. The molecule has 1 aliphatic heterocycles. The number of benzene rings is 2. The number of aromatic nitrogens is 3. The number of nitrogens with zero attached hydrogens (tertiary/aromatic N) is 5. The van der Waals surface area contributed by atoms with Crippen LogP contribution in [-0.2, 0) is 22.7 Å². The first-order chi connectivity index (χ1) is 23.1. The number of halogens is 2. The van der Waals surface area contributed by atoms with E-state index < -0.39 is 35.5 Å². The number of pyridine rings is 1. The highest BCUT2D eigenvalue weighted by Crippen LogP contribution is 2.38. The number of hydrogen-bond acceptors (Lipinski definition) is 8. The molecule has 246 valence electrons. The predicted octanol–water partition coefficient (Wildman–Crippen LogP) is 4.60. The maximum absolute atomic E-state index is 15.0. The van der Waals surface area contributed by atoms with Gasteiger partial charge in [0, 0.05) is 35.3 Å². The van der Waals surface area contributed by atoms with Gasteiger partial charge < -0.3 is 10.2 Å². The van der Waals surface area contributed by atoms with E-state index >= 15 is 0 Å². The number of anilines is 2. The van der Waals surface area contributed by atoms with E-state index in [2.05, 4.69) is 20.6 Å². The van der Waals surface area contributed by atoms with Crippen LogP contribution in [0.3, 0.4) is 0 Å². The van der Waals surface area contributed by atoms with Crippen LogP contribution in [0, 0.1) is 11.6 Å². The van der Waals surface area contributed by atoms with E-state index in [0.29, 0.717) is 27.5 Å². The molecule has 0 unspecified atom stereocenters. The van der Waals surface area contributed by atoms with Crippen molar-refractivity contribution in [2.24, 2.45) is 0 Å². The number of urea groups is 1. The zero-order valence-corrected chi connectivity index (χ0v) is 26.8. The second kappa shape index (κ2) is 13.3. The van der Waals surface area contributed by atoms with Gasteiger partial charge in [-0.3, -0.25) is 23.9 Å². The summed E-state index contributed by atoms with van der Waals surface area (Å²) in [5.41, 5.74) is 2.23. The first-order valence-corrected chi connectivity index (χ1v) is 15.4. The van der Waals surface area contributed by atoms with Crippen molar-refractivity contribution in [1.82, 2.24) is 24.5 Å². The molecule has 12 nitrogen and oxygen atoms in total. The molecule has 5 aromatic rings. The molecule has 15 heteroatoms. The average Bonchev–Trinajstić information content (AvgIpc) is 3.65. The molecule has 6 rings (SSSR count). The number of thiophene rings is 1. The lowest BCUT2D eigenvalue weighted by atomic mass is 10.1. The summed E-state index contributed by atoms with van der Waals surface area (Å²) in [5, 5.41) is 2.82. The quantitative estimate of drug-likeness (QED) is 0.219. The van der Waals surface area contributed by atoms with Crippen molar-refractivity contribution in [3.63, 3.8) is 0 Å². The fraction of sp³-hybridized carbons (Fsp3) is 0.182. The van der Waals surface area contributed by atoms with Gasteiger partial charge in [-0.15, -0.1) is 11.3 Å². The molecule has 3 amide bonds. The van der Waals surface area contributed by atoms with Crippen LogP contribution in [0.4, 0.5) is 25.1 Å². The van der Waals surface area contributed by atoms with E-state index in [9.17, 15) is 28.0 Å². The zero-order valence-electron chi connectivity index (χ0n) is 26.0. The van der Waals surface area contributed by atoms with Crippen LogP contribution in [0.25, 0.3) is 26.3 Å². The fourth-order valence-corrected chi connectivity index (χ4v) is 6.73. The molecule has 3 aromatic heterocycles. The van der Waals surface area contributed by atoms with Gasteiger partial charge in [0.25, 0.3) is 5.56 Å². The lowest BCUT2D eigenvalue weighted by molar-refractivity contribution is -0.116. The van der Waals surface area contributed by atoms with Gasteiger partial charge in [0.15, 0.2) is 0 Å². The Morgan fingerprint density at radius 1 is 1.02 bits per heavy atom. The molecule has 2 aromatic carbocycles. The SMILES string of the molecule is CONC(=O)Nc1ccc(-c2sc3c(c2CN(C)C)c(=O)n(-c2ccc(N4C=CCC4=O)nc2)c(=O)n3Cc2c(F)cccc2F)cc1. The second-order valence-electron chi connectivity index (χ2n) is 11.1. The lowest BCUT2D eigenvalue weighted by Crippen LogP contribution is -2.39. The van der Waals surface area contributed by atoms with Crippen molar-refractivity contribution < 1.29 is 23.2 Å². The summed E-state index contributed by atoms with van der Waals surface area (Å²) in [6.07, 6.45) is 4.82. The zero-order chi connectivity index (χ0) is 34.1. The molecular formula is C33H29F2N7O5S. The van der Waals surface area contributed by atoms with E-state index in [1.165, 1.54) is 41.0 Å². The first-order valence-electron chi connectivity index (χ1n) is 14.6. The second-order valence-corrected chi connectivity index (χ2v) is 12.1. The first kappa shape index (κ1) is 32.4. The molecule has 0 spiro atoms. The van der Waals surface area contributed by atoms with Crippen LogP contribution in [0.5, 0.6) is 0 Å². The Labute approximate surface area is 276 Å². The van der Waals surface area contributed by atoms with Crippen molar-refractivity contribution in [3.8, 4) is 16.1 Å². The summed E-state index contributed by atoms with van der Waals surface area (Å²) in [7, 11) is 4.97. The van der Waals surface area contributed by atoms with Crippen LogP contribution in [0.1, 0.15) is 17.5 Å². The van der Waals surface area contributed by atoms with Crippen molar-refractivity contribution >= 4 is 45.0 Å². The largest absolute Gasteiger partial charge is 0.343 e. The van der Waals surface area contributed by atoms with Gasteiger partial charge in [0.05, 0.1) is 30.9 Å². The summed E-state index contributed by atoms with van der Waals surface area (Å²) < 4.78 is 32.1. The third-order valence-corrected chi connectivity index (χ3v) is 8.88. The van der Waals surface area contributed by atoms with E-state index in [1.54, 1.807) is 36.5 Å². The average molecular weight is 674 g/mol. The lowest BCUT2D eigenvalue weighted by Gasteiger charge is -2.16. The molecule has 0 radical (unpaired) electrons. The van der Waals surface area contributed by atoms with Crippen LogP contribution < -0.4 is 26.9 Å². The molecule has 0 saturated carbocycles. The van der Waals surface area contributed by atoms with E-state index in [4.69, 9.17) is 0 Å². The number of hydroxylamine groups is 1. The van der Waals surface area contributed by atoms with Crippen LogP contribution >= 0.6 is 11.3 Å². The Morgan fingerprint density at radius 3 is 2.35 bits per heavy atom. The minimum atomic E-state index is -0.840. The highest BCUT2D eigenvalue weighted by atomic mass is 32.1. The third-order valence-electron chi connectivity index (χ3n) is 7.58. The maximum atomic E-state index is 15.0. The summed E-state index contributed by atoms with van der Waals surface area (Å²) in [4.78, 5) is 65.8. The minimum absolute atomic E-state index is 0.113. The van der Waals surface area contributed by atoms with Gasteiger partial charge in [-0.2, -0.15) is 0 Å². The highest BCUT2D eigenvalue weighted by Gasteiger charge is 2.26. The Bertz CT molecular complexity index is 2170. The number of nitrogens with one attached hydrogen (secondary N) is 2. The summed E-state index contributed by atoms with van der Waals surface area (Å²) >= 11 is 1.15. The maximum Gasteiger partial charge on any atom is 0.343 e. The van der Waals surface area contributed by atoms with Crippen LogP contribution in [0.2, 0.25) is 0 Å². The number of hydrogen-bond donors (Lipinski definition) is 2. The monoisotopic (exact) mass is 673 g/mol. The topological polar surface area (TPSA) is 131 Å². The standard InChI is InChI=1S/C33H29F2N7O5S/c1-39(2)17-23-28-30(44)42(21-13-14-26(36-16-21)40-15-5-8-27(40)43)33(46)41(18-22-24(34)6-4-7-25(22)35)31(28)48-29(23)19-9-11-20(12-10-19)37-32(45)38-47-3/h4-7,9-16H,8,17-18H2,1-3H3,(H2,37,38,45). The van der Waals surface area contributed by atoms with Gasteiger partial charge in [-0.05, 0) is 61.6 Å². The molecule has 0 aliphatic carbocycles. The number of fused-ring (bicyclic) bond motifs is 1. The van der Waals surface area contributed by atoms with Gasteiger partial charge in [-0.25, -0.2) is 33.4 Å². The number of carbonyl (C=O) groups excluding carboxylic acids is 2. The molecule has 0 bridgehead atoms. The predicted molar refractivity (Wildman–Crippen MR) is 178 cm³/mol. The minimum Gasteiger partial charge on any atom is -0.306 e. The Morgan fingerprint density at radius 2 is 1.75 bits per heavy atom. The Hall–Kier alpha value is -5.51. The molecular weight excluding hydrogens is 644 g/mol. The normalized spacial score (nSPS) is 12.8. The molecule has 4 heterocycles. The number of rotatable bonds is 9. The molecule has 0 atom stereocenters. The summed E-state index contributed by atoms with van der Waals surface area (Å²) in [6, 6.07) is 12.7. The fourth-order valence-electron chi connectivity index (χ4n) is 5.43. The highest BCUT2D eigenvalue weighted by molar-refractivity contribution is 7.22. The van der Waals surface area contributed by atoms with E-state index in [-0.39, 0.29) is 40.3 Å². The molecule has 1 aliphatic rings. The molecule has 2 N–H and O–H groups in total. The van der Waals surface area contributed by atoms with Gasteiger partial charge >= 0.3 is 11.7 Å². The Balaban J connectivity index is 1.57. The van der Waals surface area contributed by atoms with E-state index in [1.807, 2.05) is 19.0 Å². The van der Waals surface area contributed by atoms with Gasteiger partial charge in [0.2, 0.25) is 5.91 Å².